The summed E-state index contributed by atoms with van der Waals surface area (Å²) in [5.41, 5.74) is 0.649. The van der Waals surface area contributed by atoms with Gasteiger partial charge in [0.1, 0.15) is 11.6 Å². The minimum atomic E-state index is -0.296. The highest BCUT2D eigenvalue weighted by Crippen LogP contribution is 2.31. The summed E-state index contributed by atoms with van der Waals surface area (Å²) in [7, 11) is 0. The molecule has 104 valence electrons. The topological polar surface area (TPSA) is 35.5 Å². The Hall–Kier alpha value is -1.13. The molecule has 3 unspecified atom stereocenters. The summed E-state index contributed by atoms with van der Waals surface area (Å²) < 4.78 is 13.3. The van der Waals surface area contributed by atoms with Crippen molar-refractivity contribution >= 4 is 0 Å². The van der Waals surface area contributed by atoms with Crippen molar-refractivity contribution in [1.29, 1.82) is 0 Å². The molecule has 0 radical (unpaired) electrons. The van der Waals surface area contributed by atoms with Crippen LogP contribution in [0.2, 0.25) is 0 Å². The van der Waals surface area contributed by atoms with Gasteiger partial charge in [0.2, 0.25) is 0 Å². The molecule has 0 aromatic heterocycles. The van der Waals surface area contributed by atoms with Gasteiger partial charge in [-0.3, -0.25) is 4.90 Å². The van der Waals surface area contributed by atoms with Crippen LogP contribution in [0.3, 0.4) is 0 Å². The van der Waals surface area contributed by atoms with Crippen LogP contribution in [-0.2, 0) is 0 Å². The molecule has 1 aromatic rings. The van der Waals surface area contributed by atoms with E-state index in [1.54, 1.807) is 0 Å². The average Bonchev–Trinajstić information content (AvgIpc) is 2.97. The van der Waals surface area contributed by atoms with Crippen molar-refractivity contribution in [3.8, 4) is 5.75 Å². The number of halogens is 1. The van der Waals surface area contributed by atoms with Crippen molar-refractivity contribution < 1.29 is 9.50 Å². The maximum Gasteiger partial charge on any atom is 0.123 e. The zero-order chi connectivity index (χ0) is 13.4. The fourth-order valence-electron chi connectivity index (χ4n) is 3.56. The van der Waals surface area contributed by atoms with Crippen molar-refractivity contribution in [2.75, 3.05) is 13.1 Å². The summed E-state index contributed by atoms with van der Waals surface area (Å²) in [6, 6.07) is 5.20. The molecule has 2 aliphatic rings. The zero-order valence-corrected chi connectivity index (χ0v) is 11.3. The lowest BCUT2D eigenvalue weighted by atomic mass is 10.0. The molecule has 2 heterocycles. The summed E-state index contributed by atoms with van der Waals surface area (Å²) in [5, 5.41) is 13.4. The normalized spacial score (nSPS) is 28.5. The number of hydrogen-bond donors (Lipinski definition) is 2. The van der Waals surface area contributed by atoms with Gasteiger partial charge in [0.25, 0.3) is 0 Å². The number of phenols is 1. The first kappa shape index (κ1) is 12.9. The predicted octanol–water partition coefficient (Wildman–Crippen LogP) is 2.42. The number of phenolic OH excluding ortho intramolecular Hbond substituents is 1. The minimum Gasteiger partial charge on any atom is -0.508 e. The maximum absolute atomic E-state index is 13.3. The van der Waals surface area contributed by atoms with Crippen LogP contribution >= 0.6 is 0 Å². The molecule has 0 bridgehead atoms. The third-order valence-electron chi connectivity index (χ3n) is 4.53. The van der Waals surface area contributed by atoms with Gasteiger partial charge < -0.3 is 10.4 Å². The van der Waals surface area contributed by atoms with Gasteiger partial charge in [-0.15, -0.1) is 0 Å². The van der Waals surface area contributed by atoms with E-state index in [0.29, 0.717) is 17.6 Å². The van der Waals surface area contributed by atoms with Crippen molar-refractivity contribution in [2.24, 2.45) is 0 Å². The monoisotopic (exact) mass is 264 g/mol. The molecule has 1 aromatic carbocycles. The zero-order valence-electron chi connectivity index (χ0n) is 11.3. The lowest BCUT2D eigenvalue weighted by Gasteiger charge is -2.25. The molecule has 19 heavy (non-hydrogen) atoms. The molecular weight excluding hydrogens is 243 g/mol. The largest absolute Gasteiger partial charge is 0.508 e. The number of hydrogen-bond acceptors (Lipinski definition) is 3. The average molecular weight is 264 g/mol. The standard InChI is InChI=1S/C15H21FN2O/c1-10(12-9-11(16)4-5-15(12)19)17-13-6-8-18-7-2-3-14(13)18/h4-5,9-10,13-14,17,19H,2-3,6-8H2,1H3. The number of aromatic hydroxyl groups is 1. The first-order valence-electron chi connectivity index (χ1n) is 7.13. The molecule has 3 rings (SSSR count). The first-order chi connectivity index (χ1) is 9.15. The molecule has 3 atom stereocenters. The molecule has 2 aliphatic heterocycles. The third-order valence-corrected chi connectivity index (χ3v) is 4.53. The van der Waals surface area contributed by atoms with E-state index in [1.165, 1.54) is 37.6 Å². The van der Waals surface area contributed by atoms with Crippen LogP contribution in [0.1, 0.15) is 37.8 Å². The second kappa shape index (κ2) is 5.10. The second-order valence-electron chi connectivity index (χ2n) is 5.73. The molecule has 0 spiro atoms. The fraction of sp³-hybridized carbons (Fsp3) is 0.600. The Morgan fingerprint density at radius 1 is 1.37 bits per heavy atom. The van der Waals surface area contributed by atoms with Crippen molar-refractivity contribution in [3.05, 3.63) is 29.6 Å². The summed E-state index contributed by atoms with van der Waals surface area (Å²) in [6.45, 7) is 4.36. The lowest BCUT2D eigenvalue weighted by Crippen LogP contribution is -2.40. The predicted molar refractivity (Wildman–Crippen MR) is 72.6 cm³/mol. The second-order valence-corrected chi connectivity index (χ2v) is 5.73. The van der Waals surface area contributed by atoms with E-state index in [0.717, 1.165) is 13.0 Å². The van der Waals surface area contributed by atoms with E-state index in [1.807, 2.05) is 6.92 Å². The van der Waals surface area contributed by atoms with Crippen LogP contribution in [0, 0.1) is 5.82 Å². The summed E-state index contributed by atoms with van der Waals surface area (Å²) >= 11 is 0. The van der Waals surface area contributed by atoms with Gasteiger partial charge in [-0.1, -0.05) is 0 Å². The van der Waals surface area contributed by atoms with E-state index in [9.17, 15) is 9.50 Å². The van der Waals surface area contributed by atoms with Gasteiger partial charge in [0.15, 0.2) is 0 Å². The molecule has 0 aliphatic carbocycles. The van der Waals surface area contributed by atoms with Gasteiger partial charge in [-0.2, -0.15) is 0 Å². The Kier molecular flexibility index (Phi) is 3.46. The van der Waals surface area contributed by atoms with Crippen molar-refractivity contribution in [1.82, 2.24) is 10.2 Å². The van der Waals surface area contributed by atoms with Gasteiger partial charge in [0.05, 0.1) is 0 Å². The highest BCUT2D eigenvalue weighted by Gasteiger charge is 2.37. The summed E-state index contributed by atoms with van der Waals surface area (Å²) in [4.78, 5) is 2.54. The Morgan fingerprint density at radius 3 is 3.05 bits per heavy atom. The van der Waals surface area contributed by atoms with Gasteiger partial charge in [-0.25, -0.2) is 4.39 Å². The molecule has 2 fully saturated rings. The van der Waals surface area contributed by atoms with Crippen LogP contribution in [0.15, 0.2) is 18.2 Å². The molecule has 0 saturated carbocycles. The Balaban J connectivity index is 1.71. The summed E-state index contributed by atoms with van der Waals surface area (Å²) in [5.74, 6) is -0.127. The van der Waals surface area contributed by atoms with Gasteiger partial charge in [-0.05, 0) is 50.9 Å². The number of fused-ring (bicyclic) bond motifs is 1. The Labute approximate surface area is 113 Å². The molecule has 3 nitrogen and oxygen atoms in total. The molecule has 4 heteroatoms. The van der Waals surface area contributed by atoms with Gasteiger partial charge >= 0.3 is 0 Å². The van der Waals surface area contributed by atoms with Crippen molar-refractivity contribution in [3.63, 3.8) is 0 Å². The summed E-state index contributed by atoms with van der Waals surface area (Å²) in [6.07, 6.45) is 3.67. The Bertz CT molecular complexity index is 465. The number of nitrogens with one attached hydrogen (secondary N) is 1. The van der Waals surface area contributed by atoms with E-state index < -0.39 is 0 Å². The van der Waals surface area contributed by atoms with Crippen LogP contribution in [0.25, 0.3) is 0 Å². The van der Waals surface area contributed by atoms with Crippen LogP contribution in [0.5, 0.6) is 5.75 Å². The van der Waals surface area contributed by atoms with E-state index in [4.69, 9.17) is 0 Å². The van der Waals surface area contributed by atoms with Crippen LogP contribution < -0.4 is 5.32 Å². The molecule has 2 saturated heterocycles. The minimum absolute atomic E-state index is 0.0266. The van der Waals surface area contributed by atoms with Crippen LogP contribution in [-0.4, -0.2) is 35.2 Å². The van der Waals surface area contributed by atoms with E-state index in [-0.39, 0.29) is 17.6 Å². The number of benzene rings is 1. The smallest absolute Gasteiger partial charge is 0.123 e. The number of rotatable bonds is 3. The van der Waals surface area contributed by atoms with Gasteiger partial charge in [0, 0.05) is 30.2 Å². The third kappa shape index (κ3) is 2.47. The van der Waals surface area contributed by atoms with E-state index in [2.05, 4.69) is 10.2 Å². The maximum atomic E-state index is 13.3. The molecular formula is C15H21FN2O. The molecule has 0 amide bonds. The first-order valence-corrected chi connectivity index (χ1v) is 7.13. The highest BCUT2D eigenvalue weighted by molar-refractivity contribution is 5.35. The quantitative estimate of drug-likeness (QED) is 0.880. The van der Waals surface area contributed by atoms with E-state index >= 15 is 0 Å². The van der Waals surface area contributed by atoms with Crippen molar-refractivity contribution in [2.45, 2.75) is 44.3 Å². The number of nitrogens with zero attached hydrogens (tertiary/aromatic N) is 1. The lowest BCUT2D eigenvalue weighted by molar-refractivity contribution is 0.290. The molecule has 2 N–H and O–H groups in total. The Morgan fingerprint density at radius 2 is 2.21 bits per heavy atom. The fourth-order valence-corrected chi connectivity index (χ4v) is 3.56. The highest BCUT2D eigenvalue weighted by atomic mass is 19.1. The SMILES string of the molecule is CC(NC1CCN2CCCC12)c1cc(F)ccc1O. The van der Waals surface area contributed by atoms with Crippen LogP contribution in [0.4, 0.5) is 4.39 Å².